The van der Waals surface area contributed by atoms with Gasteiger partial charge in [0.15, 0.2) is 0 Å². The van der Waals surface area contributed by atoms with Crippen LogP contribution in [0.25, 0.3) is 0 Å². The monoisotopic (exact) mass is 154 g/mol. The summed E-state index contributed by atoms with van der Waals surface area (Å²) in [7, 11) is 0. The van der Waals surface area contributed by atoms with Gasteiger partial charge in [0.25, 0.3) is 0 Å². The third kappa shape index (κ3) is 2.69. The molecule has 0 saturated heterocycles. The van der Waals surface area contributed by atoms with E-state index in [1.807, 2.05) is 6.07 Å². The molecule has 0 aromatic carbocycles. The normalized spacial score (nSPS) is 13.3. The lowest BCUT2D eigenvalue weighted by Gasteiger charge is -2.08. The summed E-state index contributed by atoms with van der Waals surface area (Å²) < 4.78 is 0. The zero-order valence-corrected chi connectivity index (χ0v) is 6.67. The molecule has 1 atom stereocenters. The van der Waals surface area contributed by atoms with Crippen molar-refractivity contribution in [2.24, 2.45) is 5.73 Å². The Bertz CT molecular complexity index is 182. The molecule has 0 saturated carbocycles. The van der Waals surface area contributed by atoms with Crippen LogP contribution in [-0.2, 0) is 6.54 Å². The molecule has 62 valence electrons. The van der Waals surface area contributed by atoms with E-state index in [0.717, 1.165) is 12.2 Å². The molecule has 1 aromatic rings. The molecule has 1 aromatic heterocycles. The molecule has 4 nitrogen and oxygen atoms in total. The van der Waals surface area contributed by atoms with Crippen LogP contribution in [0, 0.1) is 0 Å². The smallest absolute Gasteiger partial charge is 0.0490 e. The van der Waals surface area contributed by atoms with Gasteiger partial charge >= 0.3 is 0 Å². The third-order valence-corrected chi connectivity index (χ3v) is 1.55. The Morgan fingerprint density at radius 2 is 2.64 bits per heavy atom. The number of hydrogen-bond acceptors (Lipinski definition) is 3. The van der Waals surface area contributed by atoms with Gasteiger partial charge in [-0.25, -0.2) is 0 Å². The minimum Gasteiger partial charge on any atom is -0.329 e. The summed E-state index contributed by atoms with van der Waals surface area (Å²) >= 11 is 0. The Kier molecular flexibility index (Phi) is 3.07. The number of rotatable bonds is 4. The van der Waals surface area contributed by atoms with Gasteiger partial charge in [0.1, 0.15) is 0 Å². The summed E-state index contributed by atoms with van der Waals surface area (Å²) in [6.45, 7) is 3.52. The van der Waals surface area contributed by atoms with Crippen LogP contribution >= 0.6 is 0 Å². The number of nitrogens with two attached hydrogens (primary N) is 1. The second-order valence-corrected chi connectivity index (χ2v) is 2.60. The van der Waals surface area contributed by atoms with Crippen LogP contribution in [0.1, 0.15) is 12.6 Å². The maximum absolute atomic E-state index is 5.42. The Labute approximate surface area is 66.2 Å². The standard InChI is InChI=1S/C7H14N4/c1-6(4-8)9-5-7-2-3-10-11-7/h2-3,6,9H,4-5,8H2,1H3,(H,10,11)/t6-/m1/s1. The lowest BCUT2D eigenvalue weighted by Crippen LogP contribution is -2.32. The maximum Gasteiger partial charge on any atom is 0.0490 e. The van der Waals surface area contributed by atoms with Crippen LogP contribution in [0.4, 0.5) is 0 Å². The first-order valence-corrected chi connectivity index (χ1v) is 3.74. The quantitative estimate of drug-likeness (QED) is 0.565. The molecule has 0 aliphatic heterocycles. The second kappa shape index (κ2) is 4.10. The first-order chi connectivity index (χ1) is 5.33. The average molecular weight is 154 g/mol. The lowest BCUT2D eigenvalue weighted by molar-refractivity contribution is 0.550. The first-order valence-electron chi connectivity index (χ1n) is 3.74. The third-order valence-electron chi connectivity index (χ3n) is 1.55. The summed E-state index contributed by atoms with van der Waals surface area (Å²) in [5.41, 5.74) is 6.51. The van der Waals surface area contributed by atoms with E-state index in [4.69, 9.17) is 5.73 Å². The molecule has 0 radical (unpaired) electrons. The molecule has 0 aliphatic rings. The van der Waals surface area contributed by atoms with Gasteiger partial charge in [-0.1, -0.05) is 0 Å². The topological polar surface area (TPSA) is 66.7 Å². The fourth-order valence-electron chi connectivity index (χ4n) is 0.751. The van der Waals surface area contributed by atoms with Crippen LogP contribution in [0.3, 0.4) is 0 Å². The SMILES string of the molecule is C[C@H](CN)NCc1ccn[nH]1. The highest BCUT2D eigenvalue weighted by molar-refractivity contribution is 4.96. The van der Waals surface area contributed by atoms with Crippen molar-refractivity contribution in [3.63, 3.8) is 0 Å². The largest absolute Gasteiger partial charge is 0.329 e. The van der Waals surface area contributed by atoms with Crippen molar-refractivity contribution in [2.45, 2.75) is 19.5 Å². The first kappa shape index (κ1) is 8.23. The Hall–Kier alpha value is -0.870. The van der Waals surface area contributed by atoms with Gasteiger partial charge in [0, 0.05) is 31.0 Å². The fraction of sp³-hybridized carbons (Fsp3) is 0.571. The Balaban J connectivity index is 2.23. The van der Waals surface area contributed by atoms with Gasteiger partial charge in [-0.3, -0.25) is 5.10 Å². The van der Waals surface area contributed by atoms with Gasteiger partial charge < -0.3 is 11.1 Å². The van der Waals surface area contributed by atoms with E-state index in [0.29, 0.717) is 12.6 Å². The minimum atomic E-state index is 0.360. The van der Waals surface area contributed by atoms with Gasteiger partial charge in [0.2, 0.25) is 0 Å². The Morgan fingerprint density at radius 3 is 3.18 bits per heavy atom. The van der Waals surface area contributed by atoms with Gasteiger partial charge in [-0.2, -0.15) is 5.10 Å². The van der Waals surface area contributed by atoms with E-state index in [9.17, 15) is 0 Å². The number of aromatic amines is 1. The van der Waals surface area contributed by atoms with Gasteiger partial charge in [-0.15, -0.1) is 0 Å². The predicted octanol–water partition coefficient (Wildman–Crippen LogP) is -0.154. The number of nitrogens with zero attached hydrogens (tertiary/aromatic N) is 1. The fourth-order valence-corrected chi connectivity index (χ4v) is 0.751. The number of nitrogens with one attached hydrogen (secondary N) is 2. The molecule has 1 rings (SSSR count). The molecular formula is C7H14N4. The molecule has 11 heavy (non-hydrogen) atoms. The van der Waals surface area contributed by atoms with Crippen LogP contribution in [0.15, 0.2) is 12.3 Å². The summed E-state index contributed by atoms with van der Waals surface area (Å²) in [6.07, 6.45) is 1.74. The van der Waals surface area contributed by atoms with Crippen LogP contribution in [-0.4, -0.2) is 22.8 Å². The molecule has 0 aliphatic carbocycles. The van der Waals surface area contributed by atoms with Crippen molar-refractivity contribution < 1.29 is 0 Å². The zero-order valence-electron chi connectivity index (χ0n) is 6.67. The van der Waals surface area contributed by atoms with E-state index >= 15 is 0 Å². The number of hydrogen-bond donors (Lipinski definition) is 3. The average Bonchev–Trinajstić information content (AvgIpc) is 2.52. The highest BCUT2D eigenvalue weighted by Gasteiger charge is 1.97. The van der Waals surface area contributed by atoms with Crippen molar-refractivity contribution in [3.05, 3.63) is 18.0 Å². The predicted molar refractivity (Wildman–Crippen MR) is 43.9 cm³/mol. The van der Waals surface area contributed by atoms with Crippen LogP contribution < -0.4 is 11.1 Å². The summed E-state index contributed by atoms with van der Waals surface area (Å²) in [5.74, 6) is 0. The van der Waals surface area contributed by atoms with Crippen molar-refractivity contribution in [1.29, 1.82) is 0 Å². The molecule has 0 amide bonds. The second-order valence-electron chi connectivity index (χ2n) is 2.60. The van der Waals surface area contributed by atoms with Crippen LogP contribution in [0.5, 0.6) is 0 Å². The molecule has 0 spiro atoms. The minimum absolute atomic E-state index is 0.360. The maximum atomic E-state index is 5.42. The van der Waals surface area contributed by atoms with Gasteiger partial charge in [-0.05, 0) is 13.0 Å². The highest BCUT2D eigenvalue weighted by atomic mass is 15.1. The van der Waals surface area contributed by atoms with E-state index in [1.54, 1.807) is 6.20 Å². The molecule has 0 bridgehead atoms. The van der Waals surface area contributed by atoms with E-state index < -0.39 is 0 Å². The lowest BCUT2D eigenvalue weighted by atomic mass is 10.3. The molecule has 1 heterocycles. The molecule has 0 unspecified atom stereocenters. The van der Waals surface area contributed by atoms with E-state index in [1.165, 1.54) is 0 Å². The number of H-pyrrole nitrogens is 1. The Morgan fingerprint density at radius 1 is 1.82 bits per heavy atom. The molecule has 0 fully saturated rings. The van der Waals surface area contributed by atoms with Gasteiger partial charge in [0.05, 0.1) is 0 Å². The summed E-state index contributed by atoms with van der Waals surface area (Å²) in [6, 6.07) is 2.30. The summed E-state index contributed by atoms with van der Waals surface area (Å²) in [4.78, 5) is 0. The van der Waals surface area contributed by atoms with Crippen molar-refractivity contribution in [2.75, 3.05) is 6.54 Å². The molecular weight excluding hydrogens is 140 g/mol. The summed E-state index contributed by atoms with van der Waals surface area (Å²) in [5, 5.41) is 9.93. The van der Waals surface area contributed by atoms with Crippen LogP contribution in [0.2, 0.25) is 0 Å². The van der Waals surface area contributed by atoms with Crippen molar-refractivity contribution in [3.8, 4) is 0 Å². The van der Waals surface area contributed by atoms with Crippen molar-refractivity contribution in [1.82, 2.24) is 15.5 Å². The highest BCUT2D eigenvalue weighted by Crippen LogP contribution is 1.90. The molecule has 4 N–H and O–H groups in total. The van der Waals surface area contributed by atoms with Crippen molar-refractivity contribution >= 4 is 0 Å². The number of aromatic nitrogens is 2. The zero-order chi connectivity index (χ0) is 8.10. The molecule has 4 heteroatoms. The van der Waals surface area contributed by atoms with E-state index in [-0.39, 0.29) is 0 Å². The van der Waals surface area contributed by atoms with E-state index in [2.05, 4.69) is 22.4 Å².